The van der Waals surface area contributed by atoms with Gasteiger partial charge in [-0.05, 0) is 34.5 Å². The van der Waals surface area contributed by atoms with E-state index >= 15 is 0 Å². The molecule has 0 aromatic carbocycles. The van der Waals surface area contributed by atoms with Crippen LogP contribution in [0.2, 0.25) is 0 Å². The third kappa shape index (κ3) is 3.87. The first-order chi connectivity index (χ1) is 6.22. The van der Waals surface area contributed by atoms with Gasteiger partial charge in [-0.3, -0.25) is 0 Å². The van der Waals surface area contributed by atoms with Crippen LogP contribution in [-0.4, -0.2) is 14.9 Å². The zero-order chi connectivity index (χ0) is 9.68. The monoisotopic (exact) mass is 262 g/mol. The SMILES string of the molecule is CCCS(=O)Nc1ccnc(Br)c1. The van der Waals surface area contributed by atoms with Crippen LogP contribution in [-0.2, 0) is 11.0 Å². The van der Waals surface area contributed by atoms with Crippen LogP contribution in [0.1, 0.15) is 13.3 Å². The molecule has 72 valence electrons. The molecule has 0 saturated carbocycles. The highest BCUT2D eigenvalue weighted by molar-refractivity contribution is 9.10. The quantitative estimate of drug-likeness (QED) is 0.847. The highest BCUT2D eigenvalue weighted by Crippen LogP contribution is 2.13. The Balaban J connectivity index is 2.58. The van der Waals surface area contributed by atoms with E-state index in [-0.39, 0.29) is 0 Å². The second-order valence-electron chi connectivity index (χ2n) is 2.52. The van der Waals surface area contributed by atoms with Crippen molar-refractivity contribution in [1.82, 2.24) is 4.98 Å². The van der Waals surface area contributed by atoms with Crippen LogP contribution >= 0.6 is 15.9 Å². The molecule has 1 aromatic heterocycles. The Morgan fingerprint density at radius 3 is 3.08 bits per heavy atom. The standard InChI is InChI=1S/C8H11BrN2OS/c1-2-5-13(12)11-7-3-4-10-8(9)6-7/h3-4,6H,2,5H2,1H3,(H,10,11). The molecule has 0 aliphatic carbocycles. The number of halogens is 1. The number of hydrogen-bond donors (Lipinski definition) is 1. The lowest BCUT2D eigenvalue weighted by molar-refractivity contribution is 0.685. The van der Waals surface area contributed by atoms with Crippen molar-refractivity contribution in [2.24, 2.45) is 0 Å². The van der Waals surface area contributed by atoms with Crippen molar-refractivity contribution in [2.45, 2.75) is 13.3 Å². The molecule has 1 aromatic rings. The van der Waals surface area contributed by atoms with Crippen LogP contribution in [0, 0.1) is 0 Å². The molecular weight excluding hydrogens is 252 g/mol. The largest absolute Gasteiger partial charge is 0.305 e. The summed E-state index contributed by atoms with van der Waals surface area (Å²) in [7, 11) is -0.978. The Hall–Kier alpha value is -0.420. The van der Waals surface area contributed by atoms with E-state index in [0.29, 0.717) is 5.75 Å². The van der Waals surface area contributed by atoms with Gasteiger partial charge >= 0.3 is 0 Å². The highest BCUT2D eigenvalue weighted by atomic mass is 79.9. The van der Waals surface area contributed by atoms with Crippen molar-refractivity contribution in [3.05, 3.63) is 22.9 Å². The average molecular weight is 263 g/mol. The summed E-state index contributed by atoms with van der Waals surface area (Å²) < 4.78 is 14.9. The molecule has 13 heavy (non-hydrogen) atoms. The van der Waals surface area contributed by atoms with Crippen LogP contribution in [0.5, 0.6) is 0 Å². The van der Waals surface area contributed by atoms with E-state index in [1.54, 1.807) is 18.3 Å². The van der Waals surface area contributed by atoms with Gasteiger partial charge in [0.1, 0.15) is 15.6 Å². The van der Waals surface area contributed by atoms with Gasteiger partial charge in [0.25, 0.3) is 0 Å². The molecule has 1 atom stereocenters. The molecule has 0 spiro atoms. The Morgan fingerprint density at radius 2 is 2.46 bits per heavy atom. The Morgan fingerprint density at radius 1 is 1.69 bits per heavy atom. The molecule has 1 N–H and O–H groups in total. The van der Waals surface area contributed by atoms with Gasteiger partial charge in [0.05, 0.1) is 5.69 Å². The van der Waals surface area contributed by atoms with E-state index in [2.05, 4.69) is 25.6 Å². The predicted molar refractivity (Wildman–Crippen MR) is 58.9 cm³/mol. The van der Waals surface area contributed by atoms with Crippen molar-refractivity contribution in [3.8, 4) is 0 Å². The molecule has 0 saturated heterocycles. The number of hydrogen-bond acceptors (Lipinski definition) is 2. The van der Waals surface area contributed by atoms with Gasteiger partial charge in [0.2, 0.25) is 0 Å². The van der Waals surface area contributed by atoms with Crippen molar-refractivity contribution < 1.29 is 4.21 Å². The number of pyridine rings is 1. The van der Waals surface area contributed by atoms with Gasteiger partial charge in [-0.25, -0.2) is 9.19 Å². The molecular formula is C8H11BrN2OS. The molecule has 0 aliphatic heterocycles. The molecule has 0 fully saturated rings. The third-order valence-electron chi connectivity index (χ3n) is 1.35. The fourth-order valence-corrected chi connectivity index (χ4v) is 2.06. The zero-order valence-electron chi connectivity index (χ0n) is 7.29. The van der Waals surface area contributed by atoms with Crippen molar-refractivity contribution >= 4 is 32.6 Å². The molecule has 1 heterocycles. The second-order valence-corrected chi connectivity index (χ2v) is 4.63. The van der Waals surface area contributed by atoms with Crippen molar-refractivity contribution in [1.29, 1.82) is 0 Å². The Labute approximate surface area is 88.7 Å². The lowest BCUT2D eigenvalue weighted by atomic mass is 10.4. The summed E-state index contributed by atoms with van der Waals surface area (Å²) in [6.07, 6.45) is 2.57. The summed E-state index contributed by atoms with van der Waals surface area (Å²) >= 11 is 3.24. The fourth-order valence-electron chi connectivity index (χ4n) is 0.834. The number of nitrogens with zero attached hydrogens (tertiary/aromatic N) is 1. The summed E-state index contributed by atoms with van der Waals surface area (Å²) in [6, 6.07) is 3.59. The minimum Gasteiger partial charge on any atom is -0.305 e. The van der Waals surface area contributed by atoms with Crippen LogP contribution in [0.15, 0.2) is 22.9 Å². The number of rotatable bonds is 4. The molecule has 0 radical (unpaired) electrons. The summed E-state index contributed by atoms with van der Waals surface area (Å²) in [5, 5.41) is 0. The van der Waals surface area contributed by atoms with E-state index < -0.39 is 11.0 Å². The van der Waals surface area contributed by atoms with E-state index in [1.165, 1.54) is 0 Å². The summed E-state index contributed by atoms with van der Waals surface area (Å²) in [5.41, 5.74) is 0.827. The molecule has 0 aliphatic rings. The summed E-state index contributed by atoms with van der Waals surface area (Å²) in [5.74, 6) is 0.667. The summed E-state index contributed by atoms with van der Waals surface area (Å²) in [6.45, 7) is 2.00. The topological polar surface area (TPSA) is 42.0 Å². The van der Waals surface area contributed by atoms with Gasteiger partial charge in [0.15, 0.2) is 0 Å². The van der Waals surface area contributed by atoms with Crippen LogP contribution in [0.3, 0.4) is 0 Å². The predicted octanol–water partition coefficient (Wildman–Crippen LogP) is 2.33. The Bertz CT molecular complexity index is 306. The molecule has 0 amide bonds. The first-order valence-corrected chi connectivity index (χ1v) is 6.10. The maximum Gasteiger partial charge on any atom is 0.117 e. The molecule has 5 heteroatoms. The minimum absolute atomic E-state index is 0.667. The second kappa shape index (κ2) is 5.34. The van der Waals surface area contributed by atoms with Gasteiger partial charge in [-0.2, -0.15) is 0 Å². The Kier molecular flexibility index (Phi) is 4.38. The first kappa shape index (κ1) is 10.7. The highest BCUT2D eigenvalue weighted by Gasteiger charge is 1.98. The summed E-state index contributed by atoms with van der Waals surface area (Å²) in [4.78, 5) is 3.97. The maximum atomic E-state index is 11.3. The minimum atomic E-state index is -0.978. The first-order valence-electron chi connectivity index (χ1n) is 3.99. The van der Waals surface area contributed by atoms with Gasteiger partial charge in [0, 0.05) is 11.9 Å². The van der Waals surface area contributed by atoms with Gasteiger partial charge in [-0.1, -0.05) is 6.92 Å². The maximum absolute atomic E-state index is 11.3. The normalized spacial score (nSPS) is 12.5. The van der Waals surface area contributed by atoms with Gasteiger partial charge in [-0.15, -0.1) is 0 Å². The molecule has 1 rings (SSSR count). The van der Waals surface area contributed by atoms with Crippen LogP contribution in [0.4, 0.5) is 5.69 Å². The number of aromatic nitrogens is 1. The third-order valence-corrected chi connectivity index (χ3v) is 3.02. The van der Waals surface area contributed by atoms with Crippen molar-refractivity contribution in [2.75, 3.05) is 10.5 Å². The van der Waals surface area contributed by atoms with Crippen LogP contribution in [0.25, 0.3) is 0 Å². The van der Waals surface area contributed by atoms with E-state index in [9.17, 15) is 4.21 Å². The lowest BCUT2D eigenvalue weighted by Gasteiger charge is -2.04. The van der Waals surface area contributed by atoms with Crippen molar-refractivity contribution in [3.63, 3.8) is 0 Å². The fraction of sp³-hybridized carbons (Fsp3) is 0.375. The van der Waals surface area contributed by atoms with E-state index in [1.807, 2.05) is 6.92 Å². The number of nitrogens with one attached hydrogen (secondary N) is 1. The van der Waals surface area contributed by atoms with Gasteiger partial charge < -0.3 is 4.72 Å². The number of anilines is 1. The molecule has 3 nitrogen and oxygen atoms in total. The lowest BCUT2D eigenvalue weighted by Crippen LogP contribution is -2.07. The smallest absolute Gasteiger partial charge is 0.117 e. The van der Waals surface area contributed by atoms with E-state index in [4.69, 9.17) is 0 Å². The van der Waals surface area contributed by atoms with Crippen LogP contribution < -0.4 is 4.72 Å². The molecule has 1 unspecified atom stereocenters. The van der Waals surface area contributed by atoms with E-state index in [0.717, 1.165) is 16.7 Å². The molecule has 0 bridgehead atoms. The average Bonchev–Trinajstić information content (AvgIpc) is 2.04. The zero-order valence-corrected chi connectivity index (χ0v) is 9.69.